The lowest BCUT2D eigenvalue weighted by Crippen LogP contribution is -2.27. The fourth-order valence-electron chi connectivity index (χ4n) is 1.48. The van der Waals surface area contributed by atoms with Crippen molar-refractivity contribution in [3.05, 3.63) is 23.8 Å². The maximum absolute atomic E-state index is 9.34. The molecule has 1 aliphatic rings. The van der Waals surface area contributed by atoms with Crippen LogP contribution in [0, 0.1) is 0 Å². The van der Waals surface area contributed by atoms with E-state index in [0.717, 1.165) is 11.0 Å². The van der Waals surface area contributed by atoms with Gasteiger partial charge < -0.3 is 14.8 Å². The zero-order valence-corrected chi connectivity index (χ0v) is 6.69. The third-order valence-electron chi connectivity index (χ3n) is 2.11. The summed E-state index contributed by atoms with van der Waals surface area (Å²) in [7, 11) is -0.837. The Kier molecular flexibility index (Phi) is 1.59. The third-order valence-corrected chi connectivity index (χ3v) is 2.11. The minimum Gasteiger partial charge on any atom is -0.508 e. The van der Waals surface area contributed by atoms with Gasteiger partial charge in [-0.15, -0.1) is 0 Å². The average molecular weight is 164 g/mol. The van der Waals surface area contributed by atoms with Crippen molar-refractivity contribution in [3.63, 3.8) is 0 Å². The van der Waals surface area contributed by atoms with Gasteiger partial charge in [-0.1, -0.05) is 6.07 Å². The molecule has 0 saturated carbocycles. The number of rotatable bonds is 0. The summed E-state index contributed by atoms with van der Waals surface area (Å²) in [6, 6.07) is 4.85. The second-order valence-electron chi connectivity index (χ2n) is 2.94. The van der Waals surface area contributed by atoms with Crippen LogP contribution in [0.5, 0.6) is 5.75 Å². The van der Waals surface area contributed by atoms with Gasteiger partial charge in [0.05, 0.1) is 6.10 Å². The average Bonchev–Trinajstić information content (AvgIpc) is 2.28. The number of aromatic hydroxyl groups is 1. The number of fused-ring (bicyclic) bond motifs is 1. The summed E-state index contributed by atoms with van der Waals surface area (Å²) in [5, 5.41) is 18.5. The molecule has 0 bridgehead atoms. The smallest absolute Gasteiger partial charge is 0.491 e. The molecule has 0 radical (unpaired) electrons. The van der Waals surface area contributed by atoms with Crippen molar-refractivity contribution >= 4 is 12.6 Å². The van der Waals surface area contributed by atoms with E-state index in [1.54, 1.807) is 18.2 Å². The molecule has 0 fully saturated rings. The number of hydrogen-bond acceptors (Lipinski definition) is 3. The van der Waals surface area contributed by atoms with Gasteiger partial charge in [0.1, 0.15) is 5.75 Å². The Hall–Kier alpha value is -0.995. The molecular weight excluding hydrogens is 155 g/mol. The Morgan fingerprint density at radius 2 is 2.25 bits per heavy atom. The molecule has 3 nitrogen and oxygen atoms in total. The molecule has 1 aliphatic heterocycles. The van der Waals surface area contributed by atoms with Crippen LogP contribution in [0.25, 0.3) is 0 Å². The molecule has 1 aromatic carbocycles. The number of phenolic OH excluding ortho intramolecular Hbond substituents is 1. The predicted molar refractivity (Wildman–Crippen MR) is 45.2 cm³/mol. The molecule has 0 aromatic heterocycles. The van der Waals surface area contributed by atoms with E-state index >= 15 is 0 Å². The van der Waals surface area contributed by atoms with Crippen molar-refractivity contribution in [2.24, 2.45) is 0 Å². The van der Waals surface area contributed by atoms with E-state index in [2.05, 4.69) is 0 Å². The zero-order valence-electron chi connectivity index (χ0n) is 6.69. The van der Waals surface area contributed by atoms with E-state index < -0.39 is 7.12 Å². The van der Waals surface area contributed by atoms with Crippen LogP contribution in [0.4, 0.5) is 0 Å². The lowest BCUT2D eigenvalue weighted by molar-refractivity contribution is 0.208. The molecule has 1 unspecified atom stereocenters. The first kappa shape index (κ1) is 7.64. The fourth-order valence-corrected chi connectivity index (χ4v) is 1.48. The van der Waals surface area contributed by atoms with E-state index in [4.69, 9.17) is 9.76 Å². The van der Waals surface area contributed by atoms with E-state index in [1.165, 1.54) is 0 Å². The second kappa shape index (κ2) is 2.50. The van der Waals surface area contributed by atoms with E-state index in [0.29, 0.717) is 0 Å². The highest BCUT2D eigenvalue weighted by molar-refractivity contribution is 6.61. The highest BCUT2D eigenvalue weighted by Crippen LogP contribution is 2.25. The summed E-state index contributed by atoms with van der Waals surface area (Å²) in [6.45, 7) is 1.84. The van der Waals surface area contributed by atoms with Crippen LogP contribution in [0.3, 0.4) is 0 Å². The van der Waals surface area contributed by atoms with Crippen molar-refractivity contribution in [3.8, 4) is 5.75 Å². The molecule has 1 aromatic rings. The summed E-state index contributed by atoms with van der Waals surface area (Å²) in [4.78, 5) is 0. The van der Waals surface area contributed by atoms with Crippen LogP contribution < -0.4 is 5.46 Å². The molecule has 0 spiro atoms. The molecule has 0 aliphatic carbocycles. The molecule has 0 amide bonds. The summed E-state index contributed by atoms with van der Waals surface area (Å²) in [5.41, 5.74) is 1.61. The lowest BCUT2D eigenvalue weighted by Gasteiger charge is -2.03. The largest absolute Gasteiger partial charge is 0.508 e. The Balaban J connectivity index is 2.53. The van der Waals surface area contributed by atoms with Gasteiger partial charge in [-0.2, -0.15) is 0 Å². The third kappa shape index (κ3) is 1.00. The fraction of sp³-hybridized carbons (Fsp3) is 0.250. The van der Waals surface area contributed by atoms with Crippen molar-refractivity contribution < 1.29 is 14.8 Å². The molecule has 62 valence electrons. The standard InChI is InChI=1S/C8H9BO3/c1-5-7-4-6(10)2-3-8(7)9(11)12-5/h2-5,10-11H,1H3. The minimum atomic E-state index is -0.837. The topological polar surface area (TPSA) is 49.7 Å². The van der Waals surface area contributed by atoms with Gasteiger partial charge in [0.15, 0.2) is 0 Å². The first-order valence-electron chi connectivity index (χ1n) is 3.85. The molecule has 1 heterocycles. The van der Waals surface area contributed by atoms with E-state index in [1.807, 2.05) is 6.92 Å². The molecule has 2 rings (SSSR count). The second-order valence-corrected chi connectivity index (χ2v) is 2.94. The highest BCUT2D eigenvalue weighted by Gasteiger charge is 2.32. The number of benzene rings is 1. The SMILES string of the molecule is CC1OB(O)c2ccc(O)cc21. The van der Waals surface area contributed by atoms with Crippen LogP contribution in [0.2, 0.25) is 0 Å². The summed E-state index contributed by atoms with van der Waals surface area (Å²) < 4.78 is 5.13. The first-order chi connectivity index (χ1) is 5.68. The van der Waals surface area contributed by atoms with Crippen molar-refractivity contribution in [1.82, 2.24) is 0 Å². The van der Waals surface area contributed by atoms with Gasteiger partial charge in [-0.25, -0.2) is 0 Å². The lowest BCUT2D eigenvalue weighted by atomic mass is 9.79. The summed E-state index contributed by atoms with van der Waals surface area (Å²) in [5.74, 6) is 0.207. The van der Waals surface area contributed by atoms with Crippen molar-refractivity contribution in [1.29, 1.82) is 0 Å². The molecule has 4 heteroatoms. The molecule has 0 saturated heterocycles. The summed E-state index contributed by atoms with van der Waals surface area (Å²) >= 11 is 0. The first-order valence-corrected chi connectivity index (χ1v) is 3.85. The Bertz CT molecular complexity index is 313. The Labute approximate surface area is 70.8 Å². The number of phenols is 1. The van der Waals surface area contributed by atoms with E-state index in [9.17, 15) is 5.02 Å². The minimum absolute atomic E-state index is 0.137. The van der Waals surface area contributed by atoms with E-state index in [-0.39, 0.29) is 11.9 Å². The Morgan fingerprint density at radius 3 is 3.00 bits per heavy atom. The van der Waals surface area contributed by atoms with Crippen molar-refractivity contribution in [2.75, 3.05) is 0 Å². The normalized spacial score (nSPS) is 21.2. The molecule has 1 atom stereocenters. The van der Waals surface area contributed by atoms with Crippen LogP contribution in [-0.2, 0) is 4.65 Å². The van der Waals surface area contributed by atoms with Crippen LogP contribution >= 0.6 is 0 Å². The summed E-state index contributed by atoms with van der Waals surface area (Å²) in [6.07, 6.45) is -0.137. The van der Waals surface area contributed by atoms with Crippen LogP contribution in [-0.4, -0.2) is 17.2 Å². The van der Waals surface area contributed by atoms with Gasteiger partial charge in [0, 0.05) is 0 Å². The van der Waals surface area contributed by atoms with Gasteiger partial charge in [-0.05, 0) is 30.1 Å². The zero-order chi connectivity index (χ0) is 8.72. The Morgan fingerprint density at radius 1 is 1.50 bits per heavy atom. The van der Waals surface area contributed by atoms with Gasteiger partial charge in [-0.3, -0.25) is 0 Å². The number of hydrogen-bond donors (Lipinski definition) is 2. The molecule has 12 heavy (non-hydrogen) atoms. The van der Waals surface area contributed by atoms with Crippen LogP contribution in [0.1, 0.15) is 18.6 Å². The monoisotopic (exact) mass is 164 g/mol. The molecular formula is C8H9BO3. The quantitative estimate of drug-likeness (QED) is 0.537. The molecule has 2 N–H and O–H groups in total. The highest BCUT2D eigenvalue weighted by atomic mass is 16.5. The van der Waals surface area contributed by atoms with Gasteiger partial charge in [0.2, 0.25) is 0 Å². The van der Waals surface area contributed by atoms with Gasteiger partial charge >= 0.3 is 7.12 Å². The van der Waals surface area contributed by atoms with Crippen LogP contribution in [0.15, 0.2) is 18.2 Å². The van der Waals surface area contributed by atoms with Gasteiger partial charge in [0.25, 0.3) is 0 Å². The predicted octanol–water partition coefficient (Wildman–Crippen LogP) is 0.171. The van der Waals surface area contributed by atoms with Crippen molar-refractivity contribution in [2.45, 2.75) is 13.0 Å². The maximum atomic E-state index is 9.34. The maximum Gasteiger partial charge on any atom is 0.491 e.